The predicted molar refractivity (Wildman–Crippen MR) is 71.2 cm³/mol. The first-order chi connectivity index (χ1) is 8.36. The molecule has 3 nitrogen and oxygen atoms in total. The largest absolute Gasteiger partial charge is 0.312 e. The fourth-order valence-corrected chi connectivity index (χ4v) is 3.65. The normalized spacial score (nSPS) is 36.7. The summed E-state index contributed by atoms with van der Waals surface area (Å²) >= 11 is 0. The Morgan fingerprint density at radius 2 is 2.00 bits per heavy atom. The number of fused-ring (bicyclic) bond motifs is 2. The van der Waals surface area contributed by atoms with Crippen LogP contribution in [0.5, 0.6) is 0 Å². The number of hydrogen-bond acceptors (Lipinski definition) is 3. The standard InChI is InChI=1S/C14H27N3/c1-2-17(13-3-4-13)10-7-15-14-6-9-16-8-5-12(14)11-16/h12-15H,2-11H2,1H3. The van der Waals surface area contributed by atoms with Crippen molar-refractivity contribution in [2.24, 2.45) is 5.92 Å². The lowest BCUT2D eigenvalue weighted by Gasteiger charge is -2.32. The Hall–Kier alpha value is -0.120. The Morgan fingerprint density at radius 3 is 2.76 bits per heavy atom. The zero-order chi connectivity index (χ0) is 11.7. The van der Waals surface area contributed by atoms with Gasteiger partial charge < -0.3 is 10.2 Å². The summed E-state index contributed by atoms with van der Waals surface area (Å²) in [5, 5.41) is 3.83. The summed E-state index contributed by atoms with van der Waals surface area (Å²) in [7, 11) is 0. The third-order valence-corrected chi connectivity index (χ3v) is 4.91. The van der Waals surface area contributed by atoms with E-state index in [0.29, 0.717) is 0 Å². The van der Waals surface area contributed by atoms with E-state index >= 15 is 0 Å². The molecule has 2 heterocycles. The smallest absolute Gasteiger partial charge is 0.0121 e. The van der Waals surface area contributed by atoms with Crippen molar-refractivity contribution in [1.29, 1.82) is 0 Å². The SMILES string of the molecule is CCN(CCNC1CCN2CCC1C2)C1CC1. The van der Waals surface area contributed by atoms with Gasteiger partial charge in [0.25, 0.3) is 0 Å². The highest BCUT2D eigenvalue weighted by molar-refractivity contribution is 4.91. The summed E-state index contributed by atoms with van der Waals surface area (Å²) < 4.78 is 0. The monoisotopic (exact) mass is 237 g/mol. The summed E-state index contributed by atoms with van der Waals surface area (Å²) in [5.41, 5.74) is 0. The molecule has 3 aliphatic rings. The molecule has 0 aromatic carbocycles. The van der Waals surface area contributed by atoms with Crippen LogP contribution in [0.25, 0.3) is 0 Å². The number of nitrogens with zero attached hydrogens (tertiary/aromatic N) is 2. The van der Waals surface area contributed by atoms with Crippen molar-refractivity contribution in [2.75, 3.05) is 39.3 Å². The Kier molecular flexibility index (Phi) is 3.69. The molecule has 0 radical (unpaired) electrons. The van der Waals surface area contributed by atoms with Gasteiger partial charge in [0, 0.05) is 31.7 Å². The van der Waals surface area contributed by atoms with Crippen LogP contribution >= 0.6 is 0 Å². The number of piperidine rings is 1. The predicted octanol–water partition coefficient (Wildman–Crippen LogP) is 1.15. The summed E-state index contributed by atoms with van der Waals surface area (Å²) in [4.78, 5) is 5.28. The second-order valence-electron chi connectivity index (χ2n) is 6.06. The lowest BCUT2D eigenvalue weighted by molar-refractivity contribution is 0.209. The van der Waals surface area contributed by atoms with Crippen LogP contribution in [-0.4, -0.2) is 61.2 Å². The van der Waals surface area contributed by atoms with E-state index in [9.17, 15) is 0 Å². The highest BCUT2D eigenvalue weighted by atomic mass is 15.2. The van der Waals surface area contributed by atoms with Crippen LogP contribution < -0.4 is 5.32 Å². The van der Waals surface area contributed by atoms with Gasteiger partial charge in [-0.05, 0) is 51.2 Å². The van der Waals surface area contributed by atoms with Crippen LogP contribution in [0.1, 0.15) is 32.6 Å². The summed E-state index contributed by atoms with van der Waals surface area (Å²) in [6, 6.07) is 1.74. The van der Waals surface area contributed by atoms with E-state index in [4.69, 9.17) is 0 Å². The van der Waals surface area contributed by atoms with Crippen molar-refractivity contribution in [2.45, 2.75) is 44.7 Å². The zero-order valence-corrected chi connectivity index (χ0v) is 11.2. The minimum atomic E-state index is 0.812. The first kappa shape index (κ1) is 11.9. The van der Waals surface area contributed by atoms with E-state index < -0.39 is 0 Å². The van der Waals surface area contributed by atoms with Crippen LogP contribution in [0.3, 0.4) is 0 Å². The maximum atomic E-state index is 3.83. The first-order valence-corrected chi connectivity index (χ1v) is 7.56. The Bertz CT molecular complexity index is 252. The van der Waals surface area contributed by atoms with Crippen molar-refractivity contribution >= 4 is 0 Å². The van der Waals surface area contributed by atoms with Gasteiger partial charge in [-0.3, -0.25) is 4.90 Å². The third kappa shape index (κ3) is 2.83. The molecular formula is C14H27N3. The van der Waals surface area contributed by atoms with Gasteiger partial charge >= 0.3 is 0 Å². The molecule has 98 valence electrons. The summed E-state index contributed by atoms with van der Waals surface area (Å²) in [6.07, 6.45) is 5.68. The van der Waals surface area contributed by atoms with Crippen LogP contribution in [0, 0.1) is 5.92 Å². The second kappa shape index (κ2) is 5.25. The molecule has 0 spiro atoms. The lowest BCUT2D eigenvalue weighted by Crippen LogP contribution is -2.46. The number of hydrogen-bond donors (Lipinski definition) is 1. The fourth-order valence-electron chi connectivity index (χ4n) is 3.65. The van der Waals surface area contributed by atoms with Crippen molar-refractivity contribution in [3.8, 4) is 0 Å². The van der Waals surface area contributed by atoms with Gasteiger partial charge in [0.15, 0.2) is 0 Å². The third-order valence-electron chi connectivity index (χ3n) is 4.91. The van der Waals surface area contributed by atoms with Gasteiger partial charge in [0.1, 0.15) is 0 Å². The van der Waals surface area contributed by atoms with Crippen LogP contribution in [0.2, 0.25) is 0 Å². The molecule has 1 N–H and O–H groups in total. The van der Waals surface area contributed by atoms with E-state index in [-0.39, 0.29) is 0 Å². The molecule has 3 rings (SSSR count). The molecule has 2 bridgehead atoms. The Morgan fingerprint density at radius 1 is 1.18 bits per heavy atom. The van der Waals surface area contributed by atoms with E-state index in [1.165, 1.54) is 65.0 Å². The van der Waals surface area contributed by atoms with Gasteiger partial charge in [0.2, 0.25) is 0 Å². The maximum absolute atomic E-state index is 3.83. The molecule has 0 aromatic rings. The zero-order valence-electron chi connectivity index (χ0n) is 11.2. The topological polar surface area (TPSA) is 18.5 Å². The van der Waals surface area contributed by atoms with Gasteiger partial charge in [-0.1, -0.05) is 6.92 Å². The lowest BCUT2D eigenvalue weighted by atomic mass is 9.94. The number of nitrogens with one attached hydrogen (secondary N) is 1. The maximum Gasteiger partial charge on any atom is 0.0121 e. The average molecular weight is 237 g/mol. The quantitative estimate of drug-likeness (QED) is 0.748. The van der Waals surface area contributed by atoms with Crippen LogP contribution in [0.4, 0.5) is 0 Å². The van der Waals surface area contributed by atoms with Crippen LogP contribution in [0.15, 0.2) is 0 Å². The summed E-state index contributed by atoms with van der Waals surface area (Å²) in [5.74, 6) is 0.944. The van der Waals surface area contributed by atoms with Crippen LogP contribution in [-0.2, 0) is 0 Å². The van der Waals surface area contributed by atoms with Crippen molar-refractivity contribution in [3.63, 3.8) is 0 Å². The fraction of sp³-hybridized carbons (Fsp3) is 1.00. The Labute approximate surface area is 106 Å². The molecule has 0 amide bonds. The van der Waals surface area contributed by atoms with Gasteiger partial charge in [-0.2, -0.15) is 0 Å². The second-order valence-corrected chi connectivity index (χ2v) is 6.06. The first-order valence-electron chi connectivity index (χ1n) is 7.56. The minimum absolute atomic E-state index is 0.812. The molecule has 17 heavy (non-hydrogen) atoms. The molecule has 3 fully saturated rings. The van der Waals surface area contributed by atoms with Gasteiger partial charge in [-0.25, -0.2) is 0 Å². The molecule has 3 atom stereocenters. The number of likely N-dealkylation sites (N-methyl/N-ethyl adjacent to an activating group) is 1. The molecular weight excluding hydrogens is 210 g/mol. The molecule has 3 unspecified atom stereocenters. The number of rotatable bonds is 6. The summed E-state index contributed by atoms with van der Waals surface area (Å²) in [6.45, 7) is 10.0. The highest BCUT2D eigenvalue weighted by Crippen LogP contribution is 2.27. The molecule has 2 aliphatic heterocycles. The van der Waals surface area contributed by atoms with E-state index in [1.807, 2.05) is 0 Å². The van der Waals surface area contributed by atoms with Crippen molar-refractivity contribution < 1.29 is 0 Å². The molecule has 1 aliphatic carbocycles. The van der Waals surface area contributed by atoms with Crippen molar-refractivity contribution in [1.82, 2.24) is 15.1 Å². The van der Waals surface area contributed by atoms with Gasteiger partial charge in [-0.15, -0.1) is 0 Å². The molecule has 2 saturated heterocycles. The average Bonchev–Trinajstić information content (AvgIpc) is 3.12. The molecule has 3 heteroatoms. The highest BCUT2D eigenvalue weighted by Gasteiger charge is 2.34. The van der Waals surface area contributed by atoms with Gasteiger partial charge in [0.05, 0.1) is 0 Å². The molecule has 1 saturated carbocycles. The van der Waals surface area contributed by atoms with Crippen molar-refractivity contribution in [3.05, 3.63) is 0 Å². The van der Waals surface area contributed by atoms with E-state index in [2.05, 4.69) is 22.0 Å². The molecule has 0 aromatic heterocycles. The minimum Gasteiger partial charge on any atom is -0.312 e. The Balaban J connectivity index is 1.38. The van der Waals surface area contributed by atoms with E-state index in [0.717, 1.165) is 18.0 Å². The van der Waals surface area contributed by atoms with E-state index in [1.54, 1.807) is 0 Å².